The molecule has 0 atom stereocenters. The van der Waals surface area contributed by atoms with E-state index in [0.29, 0.717) is 0 Å². The average Bonchev–Trinajstić information content (AvgIpc) is 3.35. The molecule has 0 unspecified atom stereocenters. The highest BCUT2D eigenvalue weighted by Crippen LogP contribution is 2.55. The molecule has 0 saturated heterocycles. The first-order valence-corrected chi connectivity index (χ1v) is 15.6. The zero-order valence-corrected chi connectivity index (χ0v) is 26.8. The molecule has 4 heteroatoms. The van der Waals surface area contributed by atoms with Gasteiger partial charge >= 0.3 is 0 Å². The van der Waals surface area contributed by atoms with E-state index in [-0.39, 0.29) is 10.8 Å². The van der Waals surface area contributed by atoms with Gasteiger partial charge in [0.2, 0.25) is 0 Å². The lowest BCUT2D eigenvalue weighted by atomic mass is 9.72. The van der Waals surface area contributed by atoms with Crippen molar-refractivity contribution in [3.63, 3.8) is 0 Å². The van der Waals surface area contributed by atoms with Crippen molar-refractivity contribution in [1.29, 1.82) is 0 Å². The second kappa shape index (κ2) is 10.6. The molecule has 4 heterocycles. The van der Waals surface area contributed by atoms with Crippen LogP contribution in [0.25, 0.3) is 33.9 Å². The maximum atomic E-state index is 5.43. The Labute approximate surface area is 266 Å². The number of hydrogen-bond acceptors (Lipinski definition) is 4. The molecule has 0 fully saturated rings. The van der Waals surface area contributed by atoms with Crippen LogP contribution in [0.5, 0.6) is 0 Å². The van der Waals surface area contributed by atoms with Crippen molar-refractivity contribution in [3.8, 4) is 33.9 Å². The third-order valence-corrected chi connectivity index (χ3v) is 9.00. The number of hydrogen-bond donors (Lipinski definition) is 0. The minimum absolute atomic E-state index is 0.00252. The van der Waals surface area contributed by atoms with Crippen LogP contribution in [-0.2, 0) is 16.2 Å². The third kappa shape index (κ3) is 4.85. The van der Waals surface area contributed by atoms with Crippen LogP contribution in [0, 0.1) is 0 Å². The first-order valence-electron chi connectivity index (χ1n) is 15.6. The monoisotopic (exact) mass is 586 g/mol. The van der Waals surface area contributed by atoms with Crippen LogP contribution in [0.2, 0.25) is 0 Å². The van der Waals surface area contributed by atoms with Crippen LogP contribution in [0.1, 0.15) is 75.2 Å². The lowest BCUT2D eigenvalue weighted by Crippen LogP contribution is -2.31. The van der Waals surface area contributed by atoms with Gasteiger partial charge in [-0.1, -0.05) is 102 Å². The van der Waals surface area contributed by atoms with Crippen LogP contribution in [0.15, 0.2) is 122 Å². The fourth-order valence-corrected chi connectivity index (χ4v) is 6.56. The number of benzene rings is 2. The second-order valence-corrected chi connectivity index (χ2v) is 14.0. The fourth-order valence-electron chi connectivity index (χ4n) is 6.56. The van der Waals surface area contributed by atoms with Crippen molar-refractivity contribution < 1.29 is 0 Å². The first-order chi connectivity index (χ1) is 21.6. The highest BCUT2D eigenvalue weighted by atomic mass is 14.8. The van der Waals surface area contributed by atoms with Gasteiger partial charge in [0.05, 0.1) is 34.2 Å². The van der Waals surface area contributed by atoms with Gasteiger partial charge in [-0.05, 0) is 92.7 Å². The van der Waals surface area contributed by atoms with E-state index in [1.54, 1.807) is 0 Å². The molecule has 222 valence electrons. The van der Waals surface area contributed by atoms with Gasteiger partial charge in [-0.3, -0.25) is 9.97 Å². The number of aromatic nitrogens is 4. The van der Waals surface area contributed by atoms with E-state index < -0.39 is 5.41 Å². The molecule has 1 aliphatic rings. The summed E-state index contributed by atoms with van der Waals surface area (Å²) in [6.07, 6.45) is 3.79. The Balaban J connectivity index is 1.49. The Kier molecular flexibility index (Phi) is 6.77. The molecule has 7 rings (SSSR count). The van der Waals surface area contributed by atoms with E-state index in [0.717, 1.165) is 34.2 Å². The summed E-state index contributed by atoms with van der Waals surface area (Å²) in [5.41, 5.74) is 11.7. The number of rotatable bonds is 4. The summed E-state index contributed by atoms with van der Waals surface area (Å²) in [7, 11) is 0. The van der Waals surface area contributed by atoms with Gasteiger partial charge in [0.25, 0.3) is 0 Å². The summed E-state index contributed by atoms with van der Waals surface area (Å²) < 4.78 is 0. The summed E-state index contributed by atoms with van der Waals surface area (Å²) >= 11 is 0. The first kappa shape index (κ1) is 28.8. The molecule has 0 amide bonds. The zero-order chi connectivity index (χ0) is 31.4. The minimum atomic E-state index is -0.734. The Morgan fingerprint density at radius 3 is 1.29 bits per heavy atom. The quantitative estimate of drug-likeness (QED) is 0.206. The SMILES string of the molecule is CC(C)(C)c1ccnc(-c2cccc(C3(c4cccc(-c5cc(C(C)(C)C)ccn5)n4)c4ccccc4-c4ccccc43)n2)c1. The Morgan fingerprint density at radius 1 is 0.444 bits per heavy atom. The van der Waals surface area contributed by atoms with E-state index >= 15 is 0 Å². The fraction of sp³-hybridized carbons (Fsp3) is 0.220. The van der Waals surface area contributed by atoms with Crippen molar-refractivity contribution in [2.75, 3.05) is 0 Å². The molecule has 0 radical (unpaired) electrons. The van der Waals surface area contributed by atoms with Crippen molar-refractivity contribution in [2.24, 2.45) is 0 Å². The molecule has 1 aliphatic carbocycles. The summed E-state index contributed by atoms with van der Waals surface area (Å²) in [4.78, 5) is 20.4. The van der Waals surface area contributed by atoms with Crippen molar-refractivity contribution in [2.45, 2.75) is 57.8 Å². The average molecular weight is 587 g/mol. The van der Waals surface area contributed by atoms with Gasteiger partial charge in [-0.2, -0.15) is 0 Å². The Hall–Kier alpha value is -4.96. The van der Waals surface area contributed by atoms with Gasteiger partial charge < -0.3 is 0 Å². The maximum Gasteiger partial charge on any atom is 0.106 e. The molecular formula is C41H38N4. The summed E-state index contributed by atoms with van der Waals surface area (Å²) in [6, 6.07) is 38.5. The van der Waals surface area contributed by atoms with Crippen LogP contribution in [0.4, 0.5) is 0 Å². The number of pyridine rings is 4. The molecule has 0 spiro atoms. The molecule has 6 aromatic rings. The third-order valence-electron chi connectivity index (χ3n) is 9.00. The largest absolute Gasteiger partial charge is 0.255 e. The topological polar surface area (TPSA) is 51.6 Å². The Morgan fingerprint density at radius 2 is 0.867 bits per heavy atom. The second-order valence-electron chi connectivity index (χ2n) is 14.0. The van der Waals surface area contributed by atoms with Crippen molar-refractivity contribution in [1.82, 2.24) is 19.9 Å². The normalized spacial score (nSPS) is 13.7. The van der Waals surface area contributed by atoms with Crippen LogP contribution in [0.3, 0.4) is 0 Å². The zero-order valence-electron chi connectivity index (χ0n) is 26.8. The highest BCUT2D eigenvalue weighted by Gasteiger charge is 2.48. The summed E-state index contributed by atoms with van der Waals surface area (Å²) in [5.74, 6) is 0. The Bertz CT molecular complexity index is 1900. The molecule has 0 N–H and O–H groups in total. The molecule has 45 heavy (non-hydrogen) atoms. The lowest BCUT2D eigenvalue weighted by Gasteiger charge is -2.32. The van der Waals surface area contributed by atoms with E-state index in [4.69, 9.17) is 19.9 Å². The predicted molar refractivity (Wildman–Crippen MR) is 183 cm³/mol. The maximum absolute atomic E-state index is 5.43. The molecule has 2 aromatic carbocycles. The smallest absolute Gasteiger partial charge is 0.106 e. The molecule has 4 nitrogen and oxygen atoms in total. The molecule has 0 bridgehead atoms. The van der Waals surface area contributed by atoms with E-state index in [1.165, 1.54) is 33.4 Å². The van der Waals surface area contributed by atoms with Crippen LogP contribution < -0.4 is 0 Å². The molecule has 0 saturated carbocycles. The number of nitrogens with zero attached hydrogens (tertiary/aromatic N) is 4. The van der Waals surface area contributed by atoms with Gasteiger partial charge in [0.15, 0.2) is 0 Å². The van der Waals surface area contributed by atoms with Crippen molar-refractivity contribution in [3.05, 3.63) is 155 Å². The summed E-state index contributed by atoms with van der Waals surface area (Å²) in [5, 5.41) is 0. The van der Waals surface area contributed by atoms with Gasteiger partial charge in [-0.25, -0.2) is 9.97 Å². The van der Waals surface area contributed by atoms with Gasteiger partial charge in [0.1, 0.15) is 5.41 Å². The highest BCUT2D eigenvalue weighted by molar-refractivity contribution is 5.85. The molecule has 4 aromatic heterocycles. The molecular weight excluding hydrogens is 548 g/mol. The van der Waals surface area contributed by atoms with Crippen molar-refractivity contribution >= 4 is 0 Å². The predicted octanol–water partition coefficient (Wildman–Crippen LogP) is 9.56. The van der Waals surface area contributed by atoms with Gasteiger partial charge in [-0.15, -0.1) is 0 Å². The number of fused-ring (bicyclic) bond motifs is 3. The lowest BCUT2D eigenvalue weighted by molar-refractivity contribution is 0.589. The van der Waals surface area contributed by atoms with E-state index in [2.05, 4.69) is 151 Å². The van der Waals surface area contributed by atoms with E-state index in [1.807, 2.05) is 12.4 Å². The minimum Gasteiger partial charge on any atom is -0.255 e. The van der Waals surface area contributed by atoms with E-state index in [9.17, 15) is 0 Å². The summed E-state index contributed by atoms with van der Waals surface area (Å²) in [6.45, 7) is 13.3. The van der Waals surface area contributed by atoms with Crippen LogP contribution in [-0.4, -0.2) is 19.9 Å². The van der Waals surface area contributed by atoms with Crippen LogP contribution >= 0.6 is 0 Å². The standard InChI is InChI=1S/C41H38N4/c1-39(2,3)27-21-23-42-35(25-27)33-17-11-19-37(44-33)41(31-15-9-7-13-29(31)30-14-8-10-16-32(30)41)38-20-12-18-34(45-38)36-26-28(22-24-43-36)40(4,5)6/h7-26H,1-6H3. The molecule has 0 aliphatic heterocycles. The van der Waals surface area contributed by atoms with Gasteiger partial charge in [0, 0.05) is 12.4 Å².